The maximum absolute atomic E-state index is 12.1. The van der Waals surface area contributed by atoms with E-state index in [0.717, 1.165) is 38.8 Å². The first-order valence-corrected chi connectivity index (χ1v) is 9.14. The molecule has 2 saturated carbocycles. The van der Waals surface area contributed by atoms with E-state index in [2.05, 4.69) is 5.32 Å². The lowest BCUT2D eigenvalue weighted by Gasteiger charge is -2.20. The van der Waals surface area contributed by atoms with Gasteiger partial charge in [-0.1, -0.05) is 38.5 Å². The highest BCUT2D eigenvalue weighted by Gasteiger charge is 2.22. The summed E-state index contributed by atoms with van der Waals surface area (Å²) in [7, 11) is 0. The molecule has 0 aromatic carbocycles. The molecule has 0 aromatic rings. The normalized spacial score (nSPS) is 20.4. The van der Waals surface area contributed by atoms with Gasteiger partial charge < -0.3 is 17.7 Å². The predicted octanol–water partition coefficient (Wildman–Crippen LogP) is -0.367. The van der Waals surface area contributed by atoms with E-state index in [-0.39, 0.29) is 12.4 Å². The Morgan fingerprint density at radius 3 is 1.41 bits per heavy atom. The molecule has 2 fully saturated rings. The van der Waals surface area contributed by atoms with E-state index in [1.54, 1.807) is 0 Å². The van der Waals surface area contributed by atoms with Gasteiger partial charge in [0, 0.05) is 11.8 Å². The third-order valence-corrected chi connectivity index (χ3v) is 5.31. The van der Waals surface area contributed by atoms with E-state index in [0.29, 0.717) is 36.2 Å². The topological polar surface area (TPSA) is 50.8 Å². The Hall–Kier alpha value is -0.410. The average Bonchev–Trinajstić information content (AvgIpc) is 2.55. The van der Waals surface area contributed by atoms with Gasteiger partial charge in [-0.3, -0.25) is 9.59 Å². The monoisotopic (exact) mass is 329 g/mol. The molecule has 0 atom stereocenters. The van der Waals surface area contributed by atoms with Crippen LogP contribution in [0.2, 0.25) is 0 Å². The van der Waals surface area contributed by atoms with Gasteiger partial charge in [-0.15, -0.1) is 0 Å². The van der Waals surface area contributed by atoms with Crippen LogP contribution < -0.4 is 17.7 Å². The summed E-state index contributed by atoms with van der Waals surface area (Å²) in [6.45, 7) is 1.74. The van der Waals surface area contributed by atoms with Crippen LogP contribution in [0.1, 0.15) is 77.0 Å². The highest BCUT2D eigenvalue weighted by molar-refractivity contribution is 5.81. The molecule has 22 heavy (non-hydrogen) atoms. The van der Waals surface area contributed by atoms with Crippen molar-refractivity contribution in [2.45, 2.75) is 77.0 Å². The molecule has 0 unspecified atom stereocenters. The van der Waals surface area contributed by atoms with Crippen LogP contribution in [0.3, 0.4) is 0 Å². The first-order chi connectivity index (χ1) is 10.3. The van der Waals surface area contributed by atoms with Crippen molar-refractivity contribution in [3.63, 3.8) is 0 Å². The second-order valence-corrected chi connectivity index (χ2v) is 6.97. The van der Waals surface area contributed by atoms with Crippen LogP contribution in [0.15, 0.2) is 0 Å². The van der Waals surface area contributed by atoms with Crippen LogP contribution in [-0.4, -0.2) is 24.7 Å². The van der Waals surface area contributed by atoms with Crippen LogP contribution in [0.5, 0.6) is 0 Å². The lowest BCUT2D eigenvalue weighted by molar-refractivity contribution is -0.652. The minimum absolute atomic E-state index is 0. The van der Waals surface area contributed by atoms with Gasteiger partial charge in [0.05, 0.1) is 25.9 Å². The van der Waals surface area contributed by atoms with Gasteiger partial charge in [-0.25, -0.2) is 0 Å². The third kappa shape index (κ3) is 6.78. The van der Waals surface area contributed by atoms with Gasteiger partial charge in [0.2, 0.25) is 0 Å². The molecular weight excluding hydrogens is 298 g/mol. The summed E-state index contributed by atoms with van der Waals surface area (Å²) >= 11 is 0. The minimum Gasteiger partial charge on any atom is -1.00 e. The molecule has 0 saturated heterocycles. The van der Waals surface area contributed by atoms with Crippen molar-refractivity contribution in [1.29, 1.82) is 0 Å². The van der Waals surface area contributed by atoms with Gasteiger partial charge >= 0.3 is 0 Å². The fourth-order valence-corrected chi connectivity index (χ4v) is 3.89. The van der Waals surface area contributed by atoms with Crippen molar-refractivity contribution in [2.75, 3.05) is 13.1 Å². The summed E-state index contributed by atoms with van der Waals surface area (Å²) < 4.78 is 0. The molecule has 2 N–H and O–H groups in total. The number of carbonyl (C=O) groups is 2. The van der Waals surface area contributed by atoms with Crippen molar-refractivity contribution in [1.82, 2.24) is 0 Å². The van der Waals surface area contributed by atoms with Gasteiger partial charge in [0.25, 0.3) is 0 Å². The Morgan fingerprint density at radius 2 is 1.05 bits per heavy atom. The maximum atomic E-state index is 12.1. The van der Waals surface area contributed by atoms with Crippen LogP contribution >= 0.6 is 0 Å². The van der Waals surface area contributed by atoms with E-state index in [4.69, 9.17) is 0 Å². The molecule has 0 radical (unpaired) electrons. The SMILES string of the molecule is O=C(CC[NH2+]CCC(=O)C1CCCCC1)C1CCCCC1.[Cl-]. The Bertz CT molecular complexity index is 302. The predicted molar refractivity (Wildman–Crippen MR) is 84.1 cm³/mol. The number of rotatable bonds is 8. The molecule has 2 aliphatic rings. The van der Waals surface area contributed by atoms with E-state index in [9.17, 15) is 9.59 Å². The van der Waals surface area contributed by atoms with E-state index >= 15 is 0 Å². The molecule has 0 heterocycles. The van der Waals surface area contributed by atoms with Crippen molar-refractivity contribution >= 4 is 11.6 Å². The number of ketones is 2. The summed E-state index contributed by atoms with van der Waals surface area (Å²) in [5, 5.41) is 2.17. The van der Waals surface area contributed by atoms with Gasteiger partial charge in [-0.2, -0.15) is 0 Å². The maximum Gasteiger partial charge on any atom is 0.141 e. The smallest absolute Gasteiger partial charge is 0.141 e. The molecule has 0 amide bonds. The van der Waals surface area contributed by atoms with Gasteiger partial charge in [0.15, 0.2) is 0 Å². The third-order valence-electron chi connectivity index (χ3n) is 5.31. The molecule has 0 aromatic heterocycles. The van der Waals surface area contributed by atoms with Crippen molar-refractivity contribution in [3.8, 4) is 0 Å². The average molecular weight is 330 g/mol. The number of carbonyl (C=O) groups excluding carboxylic acids is 2. The molecule has 0 bridgehead atoms. The number of hydrogen-bond donors (Lipinski definition) is 1. The summed E-state index contributed by atoms with van der Waals surface area (Å²) in [5.41, 5.74) is 0. The minimum atomic E-state index is 0. The molecule has 0 aliphatic heterocycles. The summed E-state index contributed by atoms with van der Waals surface area (Å²) in [6.07, 6.45) is 13.4. The fraction of sp³-hybridized carbons (Fsp3) is 0.889. The van der Waals surface area contributed by atoms with Gasteiger partial charge in [0.1, 0.15) is 11.6 Å². The summed E-state index contributed by atoms with van der Waals surface area (Å²) in [6, 6.07) is 0. The number of nitrogens with two attached hydrogens (primary N) is 1. The van der Waals surface area contributed by atoms with E-state index in [1.165, 1.54) is 38.5 Å². The first kappa shape index (κ1) is 19.6. The summed E-state index contributed by atoms with van der Waals surface area (Å²) in [4.78, 5) is 24.1. The van der Waals surface area contributed by atoms with Crippen LogP contribution in [0, 0.1) is 11.8 Å². The highest BCUT2D eigenvalue weighted by Crippen LogP contribution is 2.25. The zero-order valence-electron chi connectivity index (χ0n) is 13.8. The van der Waals surface area contributed by atoms with Gasteiger partial charge in [-0.05, 0) is 25.7 Å². The lowest BCUT2D eigenvalue weighted by Crippen LogP contribution is -3.00. The van der Waals surface area contributed by atoms with Crippen molar-refractivity contribution in [3.05, 3.63) is 0 Å². The summed E-state index contributed by atoms with van der Waals surface area (Å²) in [5.74, 6) is 1.61. The molecule has 128 valence electrons. The van der Waals surface area contributed by atoms with Crippen LogP contribution in [0.25, 0.3) is 0 Å². The molecule has 2 rings (SSSR count). The zero-order valence-corrected chi connectivity index (χ0v) is 14.6. The lowest BCUT2D eigenvalue weighted by atomic mass is 9.85. The largest absolute Gasteiger partial charge is 1.00 e. The highest BCUT2D eigenvalue weighted by atomic mass is 35.5. The Labute approximate surface area is 141 Å². The molecule has 3 nitrogen and oxygen atoms in total. The fourth-order valence-electron chi connectivity index (χ4n) is 3.89. The number of hydrogen-bond acceptors (Lipinski definition) is 2. The van der Waals surface area contributed by atoms with Crippen molar-refractivity contribution < 1.29 is 27.3 Å². The first-order valence-electron chi connectivity index (χ1n) is 9.14. The Balaban J connectivity index is 0.00000242. The standard InChI is InChI=1S/C18H31NO2.ClH/c20-17(15-7-3-1-4-8-15)11-13-19-14-12-18(21)16-9-5-2-6-10-16;/h15-16,19H,1-14H2;1H. The Morgan fingerprint density at radius 1 is 0.682 bits per heavy atom. The molecular formula is C18H32ClNO2. The second kappa shape index (κ2) is 11.2. The number of quaternary nitrogens is 1. The van der Waals surface area contributed by atoms with E-state index in [1.807, 2.05) is 0 Å². The second-order valence-electron chi connectivity index (χ2n) is 6.97. The number of Topliss-reactive ketones (excluding diaryl/α,β-unsaturated/α-hetero) is 2. The van der Waals surface area contributed by atoms with Crippen LogP contribution in [0.4, 0.5) is 0 Å². The van der Waals surface area contributed by atoms with E-state index < -0.39 is 0 Å². The van der Waals surface area contributed by atoms with Crippen LogP contribution in [-0.2, 0) is 9.59 Å². The quantitative estimate of drug-likeness (QED) is 0.618. The Kier molecular flexibility index (Phi) is 9.98. The van der Waals surface area contributed by atoms with Crippen molar-refractivity contribution in [2.24, 2.45) is 11.8 Å². The molecule has 4 heteroatoms. The zero-order chi connectivity index (χ0) is 14.9. The molecule has 0 spiro atoms. The number of halogens is 1. The molecule has 2 aliphatic carbocycles.